The first kappa shape index (κ1) is 21.0. The van der Waals surface area contributed by atoms with Gasteiger partial charge in [0.15, 0.2) is 0 Å². The maximum absolute atomic E-state index is 12.4. The van der Waals surface area contributed by atoms with Crippen LogP contribution in [0.4, 0.5) is 0 Å². The quantitative estimate of drug-likeness (QED) is 0.533. The number of rotatable bonds is 11. The lowest BCUT2D eigenvalue weighted by Gasteiger charge is -2.43. The van der Waals surface area contributed by atoms with Crippen molar-refractivity contribution in [3.63, 3.8) is 0 Å². The number of hydrogen-bond donors (Lipinski definition) is 1. The molecule has 0 spiro atoms. The summed E-state index contributed by atoms with van der Waals surface area (Å²) in [6.45, 7) is 9.07. The summed E-state index contributed by atoms with van der Waals surface area (Å²) in [6, 6.07) is 0. The number of carboxylic acids is 1. The minimum atomic E-state index is -0.806. The molecule has 0 saturated carbocycles. The van der Waals surface area contributed by atoms with Gasteiger partial charge < -0.3 is 9.84 Å². The molecule has 0 bridgehead atoms. The zero-order valence-electron chi connectivity index (χ0n) is 16.2. The summed E-state index contributed by atoms with van der Waals surface area (Å²) >= 11 is 0. The van der Waals surface area contributed by atoms with Crippen LogP contribution in [0.25, 0.3) is 0 Å². The highest BCUT2D eigenvalue weighted by atomic mass is 16.5. The monoisotopic (exact) mass is 336 g/mol. The van der Waals surface area contributed by atoms with Crippen molar-refractivity contribution in [3.05, 3.63) is 23.3 Å². The van der Waals surface area contributed by atoms with E-state index in [1.54, 1.807) is 7.11 Å². The Morgan fingerprint density at radius 1 is 1.25 bits per heavy atom. The average molecular weight is 337 g/mol. The Morgan fingerprint density at radius 3 is 2.38 bits per heavy atom. The van der Waals surface area contributed by atoms with Gasteiger partial charge in [0.25, 0.3) is 0 Å². The van der Waals surface area contributed by atoms with Crippen molar-refractivity contribution in [2.24, 2.45) is 17.3 Å². The fourth-order valence-electron chi connectivity index (χ4n) is 3.93. The van der Waals surface area contributed by atoms with Crippen LogP contribution in [0.5, 0.6) is 0 Å². The number of hydrogen-bond acceptors (Lipinski definition) is 2. The second kappa shape index (κ2) is 10.0. The van der Waals surface area contributed by atoms with E-state index >= 15 is 0 Å². The molecule has 2 atom stereocenters. The smallest absolute Gasteiger partial charge is 0.314 e. The van der Waals surface area contributed by atoms with Gasteiger partial charge in [-0.1, -0.05) is 63.8 Å². The van der Waals surface area contributed by atoms with E-state index in [1.807, 2.05) is 13.8 Å². The van der Waals surface area contributed by atoms with E-state index in [0.29, 0.717) is 6.61 Å². The van der Waals surface area contributed by atoms with Crippen molar-refractivity contribution in [1.82, 2.24) is 0 Å². The first-order valence-corrected chi connectivity index (χ1v) is 9.58. The van der Waals surface area contributed by atoms with E-state index in [-0.39, 0.29) is 11.8 Å². The van der Waals surface area contributed by atoms with Crippen LogP contribution in [0.3, 0.4) is 0 Å². The van der Waals surface area contributed by atoms with E-state index < -0.39 is 11.4 Å². The third-order valence-electron chi connectivity index (χ3n) is 5.39. The van der Waals surface area contributed by atoms with Crippen molar-refractivity contribution < 1.29 is 14.6 Å². The van der Waals surface area contributed by atoms with Crippen LogP contribution in [0.2, 0.25) is 0 Å². The SMILES string of the molecule is CCCCC1=CC(C(=O)O)(C(C)C)C(CCOC)C(CCCC)=C1. The number of ether oxygens (including phenoxy) is 1. The number of carbonyl (C=O) groups is 1. The third kappa shape index (κ3) is 4.72. The number of allylic oxidation sites excluding steroid dienone is 3. The van der Waals surface area contributed by atoms with Crippen LogP contribution >= 0.6 is 0 Å². The highest BCUT2D eigenvalue weighted by molar-refractivity contribution is 5.79. The Balaban J connectivity index is 3.32. The summed E-state index contributed by atoms with van der Waals surface area (Å²) in [4.78, 5) is 12.4. The molecule has 0 fully saturated rings. The van der Waals surface area contributed by atoms with E-state index in [2.05, 4.69) is 26.0 Å². The fourth-order valence-corrected chi connectivity index (χ4v) is 3.93. The predicted molar refractivity (Wildman–Crippen MR) is 100 cm³/mol. The molecule has 0 aromatic carbocycles. The van der Waals surface area contributed by atoms with Gasteiger partial charge in [-0.25, -0.2) is 0 Å². The molecule has 1 rings (SSSR count). The molecule has 3 nitrogen and oxygen atoms in total. The Morgan fingerprint density at radius 2 is 1.88 bits per heavy atom. The van der Waals surface area contributed by atoms with Crippen molar-refractivity contribution >= 4 is 5.97 Å². The molecule has 0 aliphatic heterocycles. The Labute approximate surface area is 148 Å². The van der Waals surface area contributed by atoms with Gasteiger partial charge >= 0.3 is 5.97 Å². The second-order valence-corrected chi connectivity index (χ2v) is 7.37. The summed E-state index contributed by atoms with van der Waals surface area (Å²) in [6.07, 6.45) is 11.6. The molecule has 0 amide bonds. The maximum Gasteiger partial charge on any atom is 0.314 e. The number of aliphatic carboxylic acids is 1. The van der Waals surface area contributed by atoms with Crippen LogP contribution in [0.1, 0.15) is 72.6 Å². The minimum Gasteiger partial charge on any atom is -0.481 e. The van der Waals surface area contributed by atoms with E-state index in [0.717, 1.165) is 44.9 Å². The van der Waals surface area contributed by atoms with Crippen LogP contribution in [0, 0.1) is 17.3 Å². The van der Waals surface area contributed by atoms with Gasteiger partial charge in [-0.05, 0) is 38.0 Å². The molecule has 24 heavy (non-hydrogen) atoms. The highest BCUT2D eigenvalue weighted by Gasteiger charge is 2.49. The van der Waals surface area contributed by atoms with E-state index in [9.17, 15) is 9.90 Å². The highest BCUT2D eigenvalue weighted by Crippen LogP contribution is 2.49. The lowest BCUT2D eigenvalue weighted by molar-refractivity contribution is -0.151. The van der Waals surface area contributed by atoms with Crippen LogP contribution in [0.15, 0.2) is 23.3 Å². The zero-order chi connectivity index (χ0) is 18.2. The Kier molecular flexibility index (Phi) is 8.75. The lowest BCUT2D eigenvalue weighted by atomic mass is 9.60. The average Bonchev–Trinajstić information content (AvgIpc) is 2.55. The van der Waals surface area contributed by atoms with Crippen molar-refractivity contribution in [2.75, 3.05) is 13.7 Å². The molecule has 1 aliphatic rings. The number of unbranched alkanes of at least 4 members (excludes halogenated alkanes) is 2. The second-order valence-electron chi connectivity index (χ2n) is 7.37. The summed E-state index contributed by atoms with van der Waals surface area (Å²) in [7, 11) is 1.69. The lowest BCUT2D eigenvalue weighted by Crippen LogP contribution is -2.44. The van der Waals surface area contributed by atoms with Gasteiger partial charge in [0.2, 0.25) is 0 Å². The predicted octanol–water partition coefficient (Wildman–Crippen LogP) is 5.61. The molecular weight excluding hydrogens is 300 g/mol. The first-order chi connectivity index (χ1) is 11.4. The Bertz CT molecular complexity index is 462. The van der Waals surface area contributed by atoms with Crippen molar-refractivity contribution in [1.29, 1.82) is 0 Å². The van der Waals surface area contributed by atoms with Crippen molar-refractivity contribution in [2.45, 2.75) is 72.6 Å². The zero-order valence-corrected chi connectivity index (χ0v) is 16.2. The van der Waals surface area contributed by atoms with Crippen LogP contribution in [-0.2, 0) is 9.53 Å². The van der Waals surface area contributed by atoms with Gasteiger partial charge in [-0.15, -0.1) is 0 Å². The molecule has 0 saturated heterocycles. The van der Waals surface area contributed by atoms with Gasteiger partial charge in [0.1, 0.15) is 0 Å². The molecule has 2 unspecified atom stereocenters. The first-order valence-electron chi connectivity index (χ1n) is 9.58. The third-order valence-corrected chi connectivity index (χ3v) is 5.39. The normalized spacial score (nSPS) is 24.0. The molecule has 0 radical (unpaired) electrons. The van der Waals surface area contributed by atoms with E-state index in [4.69, 9.17) is 4.74 Å². The van der Waals surface area contributed by atoms with Gasteiger partial charge in [0.05, 0.1) is 5.41 Å². The molecule has 1 aliphatic carbocycles. The maximum atomic E-state index is 12.4. The Hall–Kier alpha value is -1.09. The molecule has 0 aromatic heterocycles. The molecule has 3 heteroatoms. The number of methoxy groups -OCH3 is 1. The minimum absolute atomic E-state index is 0.0341. The summed E-state index contributed by atoms with van der Waals surface area (Å²) in [5.41, 5.74) is 1.73. The fraction of sp³-hybridized carbons (Fsp3) is 0.762. The molecular formula is C21H36O3. The topological polar surface area (TPSA) is 46.5 Å². The van der Waals surface area contributed by atoms with Crippen LogP contribution < -0.4 is 0 Å². The van der Waals surface area contributed by atoms with Gasteiger partial charge in [0, 0.05) is 19.6 Å². The molecule has 138 valence electrons. The standard InChI is InChI=1S/C21H36O3/c1-6-8-10-17-14-18(11-9-7-2)19(12-13-24-5)21(15-17,16(3)4)20(22)23/h14-16,19H,6-13H2,1-5H3,(H,22,23). The summed E-state index contributed by atoms with van der Waals surface area (Å²) in [5.74, 6) is -0.597. The van der Waals surface area contributed by atoms with Gasteiger partial charge in [-0.3, -0.25) is 4.79 Å². The van der Waals surface area contributed by atoms with Crippen LogP contribution in [-0.4, -0.2) is 24.8 Å². The van der Waals surface area contributed by atoms with Crippen molar-refractivity contribution in [3.8, 4) is 0 Å². The molecule has 1 N–H and O–H groups in total. The molecule has 0 aromatic rings. The summed E-state index contributed by atoms with van der Waals surface area (Å²) in [5, 5.41) is 10.2. The number of carboxylic acid groups (broad SMARTS) is 1. The molecule has 0 heterocycles. The summed E-state index contributed by atoms with van der Waals surface area (Å²) < 4.78 is 5.30. The van der Waals surface area contributed by atoms with Gasteiger partial charge in [-0.2, -0.15) is 0 Å². The largest absolute Gasteiger partial charge is 0.481 e. The van der Waals surface area contributed by atoms with E-state index in [1.165, 1.54) is 11.1 Å².